The smallest absolute Gasteiger partial charge is 0.0439 e. The van der Waals surface area contributed by atoms with Gasteiger partial charge in [0.25, 0.3) is 0 Å². The van der Waals surface area contributed by atoms with Gasteiger partial charge in [-0.2, -0.15) is 0 Å². The van der Waals surface area contributed by atoms with Crippen molar-refractivity contribution >= 4 is 10.8 Å². The molecule has 3 unspecified atom stereocenters. The van der Waals surface area contributed by atoms with Gasteiger partial charge in [0.2, 0.25) is 0 Å². The van der Waals surface area contributed by atoms with E-state index >= 15 is 0 Å². The minimum atomic E-state index is -0.670. The van der Waals surface area contributed by atoms with E-state index in [-0.39, 0.29) is 6.04 Å². The normalized spacial score (nSPS) is 29.2. The molecule has 3 heteroatoms. The van der Waals surface area contributed by atoms with Crippen LogP contribution in [0, 0.1) is 0 Å². The molecule has 17 heavy (non-hydrogen) atoms. The number of aryl methyl sites for hydroxylation is 1. The lowest BCUT2D eigenvalue weighted by Crippen LogP contribution is -2.44. The van der Waals surface area contributed by atoms with Gasteiger partial charge in [0.05, 0.1) is 0 Å². The van der Waals surface area contributed by atoms with Crippen molar-refractivity contribution < 1.29 is 4.21 Å². The lowest BCUT2D eigenvalue weighted by Gasteiger charge is -2.30. The van der Waals surface area contributed by atoms with Crippen molar-refractivity contribution in [2.75, 3.05) is 11.5 Å². The van der Waals surface area contributed by atoms with Crippen LogP contribution in [-0.4, -0.2) is 21.8 Å². The van der Waals surface area contributed by atoms with Gasteiger partial charge in [-0.05, 0) is 24.0 Å². The van der Waals surface area contributed by atoms with Gasteiger partial charge in [0.1, 0.15) is 0 Å². The fourth-order valence-corrected chi connectivity index (χ4v) is 3.85. The molecule has 3 atom stereocenters. The summed E-state index contributed by atoms with van der Waals surface area (Å²) < 4.78 is 11.8. The summed E-state index contributed by atoms with van der Waals surface area (Å²) in [5.74, 6) is 1.56. The van der Waals surface area contributed by atoms with Crippen LogP contribution in [0.1, 0.15) is 37.4 Å². The first-order valence-corrected chi connectivity index (χ1v) is 7.91. The summed E-state index contributed by atoms with van der Waals surface area (Å²) in [5.41, 5.74) is 2.63. The average Bonchev–Trinajstić information content (AvgIpc) is 2.38. The van der Waals surface area contributed by atoms with Crippen LogP contribution in [0.2, 0.25) is 0 Å². The van der Waals surface area contributed by atoms with E-state index in [0.29, 0.717) is 6.04 Å². The van der Waals surface area contributed by atoms with Crippen LogP contribution in [0.15, 0.2) is 24.3 Å². The number of hydrogen-bond acceptors (Lipinski definition) is 2. The van der Waals surface area contributed by atoms with Gasteiger partial charge in [0, 0.05) is 34.4 Å². The summed E-state index contributed by atoms with van der Waals surface area (Å²) in [7, 11) is -0.670. The van der Waals surface area contributed by atoms with Crippen LogP contribution in [0.5, 0.6) is 0 Å². The van der Waals surface area contributed by atoms with Crippen LogP contribution in [0.4, 0.5) is 0 Å². The lowest BCUT2D eigenvalue weighted by molar-refractivity contribution is 0.456. The molecule has 1 aliphatic rings. The van der Waals surface area contributed by atoms with E-state index in [9.17, 15) is 4.21 Å². The van der Waals surface area contributed by atoms with Gasteiger partial charge in [-0.15, -0.1) is 0 Å². The first-order chi connectivity index (χ1) is 8.22. The first-order valence-electron chi connectivity index (χ1n) is 6.42. The first kappa shape index (κ1) is 12.8. The molecule has 0 radical (unpaired) electrons. The maximum atomic E-state index is 11.8. The highest BCUT2D eigenvalue weighted by Crippen LogP contribution is 2.20. The molecular weight excluding hydrogens is 230 g/mol. The van der Waals surface area contributed by atoms with Gasteiger partial charge in [-0.25, -0.2) is 0 Å². The third-order valence-electron chi connectivity index (χ3n) is 3.46. The molecule has 0 spiro atoms. The minimum Gasteiger partial charge on any atom is -0.305 e. The Morgan fingerprint density at radius 1 is 1.24 bits per heavy atom. The van der Waals surface area contributed by atoms with E-state index in [1.54, 1.807) is 0 Å². The van der Waals surface area contributed by atoms with Crippen LogP contribution < -0.4 is 5.32 Å². The molecule has 0 aromatic heterocycles. The van der Waals surface area contributed by atoms with E-state index in [1.807, 2.05) is 0 Å². The Kier molecular flexibility index (Phi) is 4.35. The van der Waals surface area contributed by atoms with Crippen LogP contribution in [0.25, 0.3) is 0 Å². The maximum absolute atomic E-state index is 11.8. The number of benzene rings is 1. The van der Waals surface area contributed by atoms with Crippen molar-refractivity contribution in [3.05, 3.63) is 35.4 Å². The number of hydrogen-bond donors (Lipinski definition) is 1. The molecule has 1 aliphatic heterocycles. The number of rotatable bonds is 3. The zero-order chi connectivity index (χ0) is 12.3. The molecule has 0 saturated carbocycles. The highest BCUT2D eigenvalue weighted by Gasteiger charge is 2.25. The van der Waals surface area contributed by atoms with Gasteiger partial charge in [-0.3, -0.25) is 4.21 Å². The zero-order valence-electron chi connectivity index (χ0n) is 10.6. The van der Waals surface area contributed by atoms with Crippen molar-refractivity contribution in [1.82, 2.24) is 5.32 Å². The Morgan fingerprint density at radius 3 is 2.53 bits per heavy atom. The molecule has 1 saturated heterocycles. The predicted molar refractivity (Wildman–Crippen MR) is 73.7 cm³/mol. The Morgan fingerprint density at radius 2 is 1.94 bits per heavy atom. The van der Waals surface area contributed by atoms with E-state index in [2.05, 4.69) is 43.4 Å². The fraction of sp³-hybridized carbons (Fsp3) is 0.571. The van der Waals surface area contributed by atoms with E-state index in [1.165, 1.54) is 11.1 Å². The molecule has 2 rings (SSSR count). The molecule has 1 heterocycles. The average molecular weight is 251 g/mol. The second kappa shape index (κ2) is 5.78. The predicted octanol–water partition coefficient (Wildman–Crippen LogP) is 2.42. The molecular formula is C14H21NOS. The summed E-state index contributed by atoms with van der Waals surface area (Å²) in [4.78, 5) is 0. The Labute approximate surface area is 106 Å². The lowest BCUT2D eigenvalue weighted by atomic mass is 10.0. The zero-order valence-corrected chi connectivity index (χ0v) is 11.4. The third-order valence-corrected chi connectivity index (χ3v) is 4.94. The molecule has 2 nitrogen and oxygen atoms in total. The van der Waals surface area contributed by atoms with Gasteiger partial charge >= 0.3 is 0 Å². The highest BCUT2D eigenvalue weighted by atomic mass is 32.2. The summed E-state index contributed by atoms with van der Waals surface area (Å²) >= 11 is 0. The van der Waals surface area contributed by atoms with E-state index in [0.717, 1.165) is 24.3 Å². The molecule has 0 aliphatic carbocycles. The standard InChI is InChI=1S/C14H21NOS/c1-3-11-5-7-12(8-6-11)14-10-17(16)9-13(4-2)15-14/h5-8,13-15H,3-4,9-10H2,1-2H3. The van der Waals surface area contributed by atoms with Crippen molar-refractivity contribution in [1.29, 1.82) is 0 Å². The minimum absolute atomic E-state index is 0.264. The third kappa shape index (κ3) is 3.17. The Hall–Kier alpha value is -0.670. The molecule has 0 amide bonds. The van der Waals surface area contributed by atoms with Gasteiger partial charge in [-0.1, -0.05) is 38.1 Å². The van der Waals surface area contributed by atoms with Crippen molar-refractivity contribution in [3.63, 3.8) is 0 Å². The Bertz CT molecular complexity index is 388. The summed E-state index contributed by atoms with van der Waals surface area (Å²) in [5, 5.41) is 3.59. The van der Waals surface area contributed by atoms with Crippen LogP contribution >= 0.6 is 0 Å². The fourth-order valence-electron chi connectivity index (χ4n) is 2.27. The summed E-state index contributed by atoms with van der Waals surface area (Å²) in [6.45, 7) is 4.31. The monoisotopic (exact) mass is 251 g/mol. The molecule has 0 bridgehead atoms. The van der Waals surface area contributed by atoms with E-state index < -0.39 is 10.8 Å². The molecule has 1 fully saturated rings. The second-order valence-corrected chi connectivity index (χ2v) is 6.24. The van der Waals surface area contributed by atoms with Crippen LogP contribution in [0.3, 0.4) is 0 Å². The van der Waals surface area contributed by atoms with E-state index in [4.69, 9.17) is 0 Å². The second-order valence-electron chi connectivity index (χ2n) is 4.69. The molecule has 94 valence electrons. The van der Waals surface area contributed by atoms with Crippen molar-refractivity contribution in [2.45, 2.75) is 38.8 Å². The summed E-state index contributed by atoms with van der Waals surface area (Å²) in [6.07, 6.45) is 2.12. The molecule has 1 aromatic carbocycles. The SMILES string of the molecule is CCc1ccc(C2CS(=O)CC(CC)N2)cc1. The Balaban J connectivity index is 2.12. The van der Waals surface area contributed by atoms with Crippen molar-refractivity contribution in [3.8, 4) is 0 Å². The van der Waals surface area contributed by atoms with Gasteiger partial charge in [0.15, 0.2) is 0 Å². The topological polar surface area (TPSA) is 29.1 Å². The largest absolute Gasteiger partial charge is 0.305 e. The van der Waals surface area contributed by atoms with Gasteiger partial charge < -0.3 is 5.32 Å². The van der Waals surface area contributed by atoms with Crippen LogP contribution in [-0.2, 0) is 17.2 Å². The molecule has 1 N–H and O–H groups in total. The van der Waals surface area contributed by atoms with Crippen molar-refractivity contribution in [2.24, 2.45) is 0 Å². The molecule has 1 aromatic rings. The summed E-state index contributed by atoms with van der Waals surface area (Å²) in [6, 6.07) is 9.36. The maximum Gasteiger partial charge on any atom is 0.0439 e. The quantitative estimate of drug-likeness (QED) is 0.894. The number of nitrogens with one attached hydrogen (secondary N) is 1. The highest BCUT2D eigenvalue weighted by molar-refractivity contribution is 7.85.